The van der Waals surface area contributed by atoms with Gasteiger partial charge < -0.3 is 14.8 Å². The van der Waals surface area contributed by atoms with E-state index < -0.39 is 0 Å². The molecule has 0 spiro atoms. The van der Waals surface area contributed by atoms with E-state index in [1.807, 2.05) is 22.7 Å². The number of H-pyrrole nitrogens is 1. The first-order valence-corrected chi connectivity index (χ1v) is 16.8. The van der Waals surface area contributed by atoms with Crippen LogP contribution in [0.15, 0.2) is 24.3 Å². The van der Waals surface area contributed by atoms with Gasteiger partial charge in [-0.15, -0.1) is 22.7 Å². The van der Waals surface area contributed by atoms with Gasteiger partial charge in [0, 0.05) is 53.5 Å². The number of aromatic amines is 1. The minimum atomic E-state index is 0.825. The molecule has 2 aliphatic heterocycles. The number of imidazole rings is 1. The van der Waals surface area contributed by atoms with Crippen molar-refractivity contribution < 1.29 is 0 Å². The molecule has 7 rings (SSSR count). The number of piperidine rings is 2. The van der Waals surface area contributed by atoms with Crippen molar-refractivity contribution in [2.75, 3.05) is 36.0 Å². The lowest BCUT2D eigenvalue weighted by Crippen LogP contribution is -2.31. The number of aryl methyl sites for hydroxylation is 1. The van der Waals surface area contributed by atoms with Gasteiger partial charge in [-0.2, -0.15) is 8.75 Å². The average Bonchev–Trinajstić information content (AvgIpc) is 3.75. The largest absolute Gasteiger partial charge is 0.363 e. The Kier molecular flexibility index (Phi) is 6.85. The number of nitrogens with one attached hydrogen (secondary N) is 1. The minimum absolute atomic E-state index is 0.825. The molecule has 6 nitrogen and oxygen atoms in total. The SMILES string of the molecule is CCCc1nc2c(-c3ccc(N4CCC(C)CC4)s3)c3nsnc3c(-c3ccc(N4CCC(C)CC4)s3)c2[nH]1. The van der Waals surface area contributed by atoms with Crippen LogP contribution < -0.4 is 9.80 Å². The quantitative estimate of drug-likeness (QED) is 0.220. The summed E-state index contributed by atoms with van der Waals surface area (Å²) in [6, 6.07) is 9.16. The van der Waals surface area contributed by atoms with Crippen molar-refractivity contribution in [2.24, 2.45) is 11.8 Å². The van der Waals surface area contributed by atoms with E-state index in [0.29, 0.717) is 0 Å². The monoisotopic (exact) mass is 576 g/mol. The van der Waals surface area contributed by atoms with Crippen LogP contribution in [0.1, 0.15) is 58.7 Å². The summed E-state index contributed by atoms with van der Waals surface area (Å²) in [6.45, 7) is 11.5. The zero-order valence-electron chi connectivity index (χ0n) is 23.0. The summed E-state index contributed by atoms with van der Waals surface area (Å²) in [5.74, 6) is 2.70. The Balaban J connectivity index is 1.35. The maximum Gasteiger partial charge on any atom is 0.116 e. The maximum absolute atomic E-state index is 5.20. The highest BCUT2D eigenvalue weighted by atomic mass is 32.1. The summed E-state index contributed by atoms with van der Waals surface area (Å²) >= 11 is 5.08. The predicted molar refractivity (Wildman–Crippen MR) is 169 cm³/mol. The van der Waals surface area contributed by atoms with Crippen LogP contribution in [0, 0.1) is 11.8 Å². The molecule has 0 radical (unpaired) electrons. The van der Waals surface area contributed by atoms with Crippen LogP contribution in [-0.4, -0.2) is 44.9 Å². The number of anilines is 2. The summed E-state index contributed by atoms with van der Waals surface area (Å²) in [4.78, 5) is 16.5. The lowest BCUT2D eigenvalue weighted by atomic mass is 9.99. The highest BCUT2D eigenvalue weighted by molar-refractivity contribution is 7.20. The van der Waals surface area contributed by atoms with E-state index in [1.54, 1.807) is 0 Å². The normalized spacial score (nSPS) is 17.7. The van der Waals surface area contributed by atoms with E-state index in [4.69, 9.17) is 13.7 Å². The van der Waals surface area contributed by atoms with Crippen LogP contribution in [0.2, 0.25) is 0 Å². The van der Waals surface area contributed by atoms with E-state index in [1.165, 1.54) is 57.2 Å². The summed E-state index contributed by atoms with van der Waals surface area (Å²) in [6.07, 6.45) is 7.07. The zero-order chi connectivity index (χ0) is 26.5. The first-order chi connectivity index (χ1) is 19.1. The second-order valence-electron chi connectivity index (χ2n) is 11.5. The number of thiophene rings is 2. The van der Waals surface area contributed by atoms with Gasteiger partial charge in [-0.1, -0.05) is 20.8 Å². The maximum atomic E-state index is 5.20. The molecule has 0 atom stereocenters. The fraction of sp³-hybridized carbons (Fsp3) is 0.500. The number of aromatic nitrogens is 4. The second-order valence-corrected chi connectivity index (χ2v) is 14.1. The fourth-order valence-electron chi connectivity index (χ4n) is 6.08. The summed E-state index contributed by atoms with van der Waals surface area (Å²) < 4.78 is 9.78. The van der Waals surface area contributed by atoms with Gasteiger partial charge in [0.1, 0.15) is 22.4 Å². The standard InChI is InChI=1S/C30H36N6S3/c1-4-5-22-31-27-25(20-6-8-23(37-20)35-14-10-18(2)11-15-35)29-30(34-39-33-29)26(28(27)32-22)21-7-9-24(38-21)36-16-12-19(3)13-17-36/h6-9,18-19H,4-5,10-17H2,1-3H3,(H,31,32). The third-order valence-electron chi connectivity index (χ3n) is 8.56. The molecule has 2 saturated heterocycles. The van der Waals surface area contributed by atoms with E-state index >= 15 is 0 Å². The molecular formula is C30H36N6S3. The Morgan fingerprint density at radius 1 is 0.769 bits per heavy atom. The van der Waals surface area contributed by atoms with Crippen LogP contribution in [-0.2, 0) is 6.42 Å². The van der Waals surface area contributed by atoms with Gasteiger partial charge in [0.05, 0.1) is 27.2 Å². The van der Waals surface area contributed by atoms with E-state index in [2.05, 4.69) is 59.8 Å². The second kappa shape index (κ2) is 10.5. The lowest BCUT2D eigenvalue weighted by Gasteiger charge is -2.30. The molecule has 39 heavy (non-hydrogen) atoms. The highest BCUT2D eigenvalue weighted by Crippen LogP contribution is 2.47. The van der Waals surface area contributed by atoms with Crippen molar-refractivity contribution in [3.63, 3.8) is 0 Å². The Morgan fingerprint density at radius 3 is 1.87 bits per heavy atom. The molecule has 9 heteroatoms. The molecule has 4 aromatic heterocycles. The van der Waals surface area contributed by atoms with Gasteiger partial charge in [0.25, 0.3) is 0 Å². The number of hydrogen-bond donors (Lipinski definition) is 1. The molecule has 1 N–H and O–H groups in total. The van der Waals surface area contributed by atoms with Gasteiger partial charge in [-0.25, -0.2) is 4.98 Å². The first-order valence-electron chi connectivity index (χ1n) is 14.5. The topological polar surface area (TPSA) is 60.9 Å². The van der Waals surface area contributed by atoms with Gasteiger partial charge in [0.15, 0.2) is 0 Å². The summed E-state index contributed by atoms with van der Waals surface area (Å²) in [7, 11) is 0. The minimum Gasteiger partial charge on any atom is -0.363 e. The first kappa shape index (κ1) is 25.5. The average molecular weight is 577 g/mol. The molecule has 1 aromatic carbocycles. The number of rotatable bonds is 6. The molecule has 6 heterocycles. The Bertz CT molecular complexity index is 1480. The highest BCUT2D eigenvalue weighted by Gasteiger charge is 2.26. The van der Waals surface area contributed by atoms with Gasteiger partial charge in [-0.3, -0.25) is 0 Å². The smallest absolute Gasteiger partial charge is 0.116 e. The third kappa shape index (κ3) is 4.66. The van der Waals surface area contributed by atoms with Crippen molar-refractivity contribution in [1.82, 2.24) is 18.7 Å². The number of hydrogen-bond acceptors (Lipinski definition) is 8. The fourth-order valence-corrected chi connectivity index (χ4v) is 8.86. The van der Waals surface area contributed by atoms with E-state index in [9.17, 15) is 0 Å². The van der Waals surface area contributed by atoms with Crippen molar-refractivity contribution in [3.05, 3.63) is 30.1 Å². The predicted octanol–water partition coefficient (Wildman–Crippen LogP) is 8.45. The van der Waals surface area contributed by atoms with Crippen LogP contribution in [0.4, 0.5) is 10.0 Å². The van der Waals surface area contributed by atoms with Crippen LogP contribution >= 0.6 is 34.4 Å². The van der Waals surface area contributed by atoms with Crippen LogP contribution in [0.5, 0.6) is 0 Å². The van der Waals surface area contributed by atoms with Crippen LogP contribution in [0.25, 0.3) is 42.9 Å². The van der Waals surface area contributed by atoms with Gasteiger partial charge in [-0.05, 0) is 68.2 Å². The molecular weight excluding hydrogens is 541 g/mol. The molecule has 0 unspecified atom stereocenters. The number of benzene rings is 1. The summed E-state index contributed by atoms with van der Waals surface area (Å²) in [5, 5.41) is 2.71. The molecule has 5 aromatic rings. The molecule has 204 valence electrons. The van der Waals surface area contributed by atoms with E-state index in [-0.39, 0.29) is 0 Å². The van der Waals surface area contributed by atoms with Crippen LogP contribution in [0.3, 0.4) is 0 Å². The van der Waals surface area contributed by atoms with Crippen molar-refractivity contribution in [1.29, 1.82) is 0 Å². The molecule has 0 amide bonds. The lowest BCUT2D eigenvalue weighted by molar-refractivity contribution is 0.440. The van der Waals surface area contributed by atoms with Crippen molar-refractivity contribution in [2.45, 2.75) is 59.3 Å². The number of fused-ring (bicyclic) bond motifs is 2. The molecule has 0 aliphatic carbocycles. The Morgan fingerprint density at radius 2 is 1.31 bits per heavy atom. The van der Waals surface area contributed by atoms with E-state index in [0.717, 1.165) is 89.9 Å². The van der Waals surface area contributed by atoms with Gasteiger partial charge in [0.2, 0.25) is 0 Å². The van der Waals surface area contributed by atoms with Crippen molar-refractivity contribution in [3.8, 4) is 20.9 Å². The molecule has 0 saturated carbocycles. The molecule has 0 bridgehead atoms. The number of nitrogens with zero attached hydrogens (tertiary/aromatic N) is 5. The Labute approximate surface area is 242 Å². The van der Waals surface area contributed by atoms with Crippen molar-refractivity contribution >= 4 is 66.5 Å². The summed E-state index contributed by atoms with van der Waals surface area (Å²) in [5.41, 5.74) is 6.43. The zero-order valence-corrected chi connectivity index (χ0v) is 25.4. The third-order valence-corrected chi connectivity index (χ3v) is 11.4. The molecule has 2 fully saturated rings. The Hall–Kier alpha value is -2.49. The molecule has 2 aliphatic rings. The van der Waals surface area contributed by atoms with Gasteiger partial charge >= 0.3 is 0 Å².